The van der Waals surface area contributed by atoms with Gasteiger partial charge in [0, 0.05) is 38.0 Å². The molecule has 0 bridgehead atoms. The van der Waals surface area contributed by atoms with E-state index in [1.165, 1.54) is 12.7 Å². The number of nitrogens with zero attached hydrogens (tertiary/aromatic N) is 2. The molecule has 0 amide bonds. The van der Waals surface area contributed by atoms with Gasteiger partial charge in [-0.05, 0) is 63.1 Å². The van der Waals surface area contributed by atoms with Crippen LogP contribution in [0.4, 0.5) is 0 Å². The van der Waals surface area contributed by atoms with Crippen LogP contribution in [-0.4, -0.2) is 63.8 Å². The number of likely N-dealkylation sites (tertiary alicyclic amines) is 1. The highest BCUT2D eigenvalue weighted by Crippen LogP contribution is 2.27. The predicted octanol–water partition coefficient (Wildman–Crippen LogP) is 3.56. The van der Waals surface area contributed by atoms with Crippen molar-refractivity contribution in [3.63, 3.8) is 0 Å². The Hall–Kier alpha value is -0.870. The molecule has 1 aromatic rings. The number of halogens is 1. The zero-order valence-corrected chi connectivity index (χ0v) is 23.1. The molecule has 0 radical (unpaired) electrons. The lowest BCUT2D eigenvalue weighted by molar-refractivity contribution is 0.0512. The second-order valence-corrected chi connectivity index (χ2v) is 11.5. The van der Waals surface area contributed by atoms with E-state index in [2.05, 4.69) is 50.2 Å². The lowest BCUT2D eigenvalue weighted by atomic mass is 9.88. The molecule has 1 saturated heterocycles. The van der Waals surface area contributed by atoms with Gasteiger partial charge in [-0.3, -0.25) is 9.89 Å². The summed E-state index contributed by atoms with van der Waals surface area (Å²) in [6, 6.07) is 7.11. The van der Waals surface area contributed by atoms with Gasteiger partial charge in [-0.15, -0.1) is 24.0 Å². The summed E-state index contributed by atoms with van der Waals surface area (Å²) >= 11 is 0. The molecule has 1 aliphatic heterocycles. The third-order valence-electron chi connectivity index (χ3n) is 5.75. The normalized spacial score (nSPS) is 20.8. The Morgan fingerprint density at radius 1 is 1.13 bits per heavy atom. The average molecular weight is 565 g/mol. The first-order valence-electron chi connectivity index (χ1n) is 11.1. The summed E-state index contributed by atoms with van der Waals surface area (Å²) in [5.74, 6) is 2.30. The average Bonchev–Trinajstić information content (AvgIpc) is 2.65. The van der Waals surface area contributed by atoms with Crippen molar-refractivity contribution in [1.29, 1.82) is 0 Å². The van der Waals surface area contributed by atoms with Gasteiger partial charge in [0.15, 0.2) is 15.8 Å². The molecule has 1 heterocycles. The maximum absolute atomic E-state index is 11.6. The van der Waals surface area contributed by atoms with Gasteiger partial charge in [-0.2, -0.15) is 0 Å². The summed E-state index contributed by atoms with van der Waals surface area (Å²) in [6.45, 7) is 15.9. The van der Waals surface area contributed by atoms with Crippen LogP contribution in [-0.2, 0) is 16.3 Å². The summed E-state index contributed by atoms with van der Waals surface area (Å²) in [4.78, 5) is 7.81. The Morgan fingerprint density at radius 2 is 1.71 bits per heavy atom. The van der Waals surface area contributed by atoms with Crippen molar-refractivity contribution in [3.8, 4) is 0 Å². The minimum atomic E-state index is -3.15. The van der Waals surface area contributed by atoms with E-state index >= 15 is 0 Å². The molecule has 0 spiro atoms. The van der Waals surface area contributed by atoms with Gasteiger partial charge in [0.2, 0.25) is 0 Å². The number of hydrogen-bond acceptors (Lipinski definition) is 4. The molecule has 8 heteroatoms. The Balaban J connectivity index is 0.00000480. The molecule has 2 atom stereocenters. The minimum Gasteiger partial charge on any atom is -0.357 e. The van der Waals surface area contributed by atoms with Crippen LogP contribution in [0.1, 0.15) is 46.6 Å². The zero-order chi connectivity index (χ0) is 22.4. The fourth-order valence-electron chi connectivity index (χ4n) is 4.10. The van der Waals surface area contributed by atoms with Gasteiger partial charge in [-0.1, -0.05) is 26.0 Å². The number of piperidine rings is 1. The van der Waals surface area contributed by atoms with Gasteiger partial charge in [-0.25, -0.2) is 8.42 Å². The van der Waals surface area contributed by atoms with Gasteiger partial charge in [0.25, 0.3) is 0 Å². The SMILES string of the molecule is CCNC(=NCC(C)(C)N1CC(C)CC(C)C1)NCCc1ccc(S(C)(=O)=O)cc1.I. The van der Waals surface area contributed by atoms with Crippen molar-refractivity contribution in [1.82, 2.24) is 15.5 Å². The summed E-state index contributed by atoms with van der Waals surface area (Å²) in [5, 5.41) is 6.74. The first-order chi connectivity index (χ1) is 14.0. The molecule has 0 aromatic heterocycles. The van der Waals surface area contributed by atoms with E-state index in [1.807, 2.05) is 12.1 Å². The molecule has 2 N–H and O–H groups in total. The van der Waals surface area contributed by atoms with E-state index in [0.29, 0.717) is 4.90 Å². The van der Waals surface area contributed by atoms with E-state index in [-0.39, 0.29) is 29.5 Å². The van der Waals surface area contributed by atoms with Crippen molar-refractivity contribution in [2.24, 2.45) is 16.8 Å². The number of aliphatic imine (C=N–C) groups is 1. The fourth-order valence-corrected chi connectivity index (χ4v) is 4.73. The molecule has 0 aliphatic carbocycles. The Morgan fingerprint density at radius 3 is 2.23 bits per heavy atom. The van der Waals surface area contributed by atoms with Crippen LogP contribution in [0.25, 0.3) is 0 Å². The van der Waals surface area contributed by atoms with Crippen molar-refractivity contribution < 1.29 is 8.42 Å². The smallest absolute Gasteiger partial charge is 0.191 e. The Bertz CT molecular complexity index is 799. The molecule has 6 nitrogen and oxygen atoms in total. The summed E-state index contributed by atoms with van der Waals surface area (Å²) in [5.41, 5.74) is 1.12. The second-order valence-electron chi connectivity index (χ2n) is 9.45. The lowest BCUT2D eigenvalue weighted by Crippen LogP contribution is -2.53. The molecule has 1 aliphatic rings. The predicted molar refractivity (Wildman–Crippen MR) is 141 cm³/mol. The van der Waals surface area contributed by atoms with Gasteiger partial charge in [0.05, 0.1) is 11.4 Å². The quantitative estimate of drug-likeness (QED) is 0.287. The van der Waals surface area contributed by atoms with Gasteiger partial charge in [0.1, 0.15) is 0 Å². The third-order valence-corrected chi connectivity index (χ3v) is 6.88. The van der Waals surface area contributed by atoms with Crippen LogP contribution in [0.3, 0.4) is 0 Å². The first-order valence-corrected chi connectivity index (χ1v) is 13.0. The second kappa shape index (κ2) is 12.4. The number of nitrogens with one attached hydrogen (secondary N) is 2. The van der Waals surface area contributed by atoms with E-state index < -0.39 is 9.84 Å². The molecular weight excluding hydrogens is 523 g/mol. The number of guanidine groups is 1. The van der Waals surface area contributed by atoms with E-state index in [4.69, 9.17) is 4.99 Å². The van der Waals surface area contributed by atoms with Crippen LogP contribution in [0.15, 0.2) is 34.2 Å². The largest absolute Gasteiger partial charge is 0.357 e. The highest BCUT2D eigenvalue weighted by Gasteiger charge is 2.32. The highest BCUT2D eigenvalue weighted by atomic mass is 127. The highest BCUT2D eigenvalue weighted by molar-refractivity contribution is 14.0. The van der Waals surface area contributed by atoms with Crippen LogP contribution < -0.4 is 10.6 Å². The van der Waals surface area contributed by atoms with Crippen molar-refractivity contribution in [2.45, 2.75) is 57.9 Å². The summed E-state index contributed by atoms with van der Waals surface area (Å²) in [7, 11) is -3.15. The fraction of sp³-hybridized carbons (Fsp3) is 0.696. The van der Waals surface area contributed by atoms with Crippen LogP contribution in [0.2, 0.25) is 0 Å². The van der Waals surface area contributed by atoms with E-state index in [1.54, 1.807) is 12.1 Å². The summed E-state index contributed by atoms with van der Waals surface area (Å²) < 4.78 is 23.2. The van der Waals surface area contributed by atoms with Crippen molar-refractivity contribution in [3.05, 3.63) is 29.8 Å². The van der Waals surface area contributed by atoms with Gasteiger partial charge < -0.3 is 10.6 Å². The number of hydrogen-bond donors (Lipinski definition) is 2. The number of benzene rings is 1. The van der Waals surface area contributed by atoms with Crippen LogP contribution in [0, 0.1) is 11.8 Å². The summed E-state index contributed by atoms with van der Waals surface area (Å²) in [6.07, 6.45) is 3.35. The first kappa shape index (κ1) is 28.2. The molecule has 0 saturated carbocycles. The Kier molecular flexibility index (Phi) is 11.3. The van der Waals surface area contributed by atoms with E-state index in [9.17, 15) is 8.42 Å². The van der Waals surface area contributed by atoms with Crippen LogP contribution >= 0.6 is 24.0 Å². The molecule has 1 aromatic carbocycles. The van der Waals surface area contributed by atoms with Gasteiger partial charge >= 0.3 is 0 Å². The van der Waals surface area contributed by atoms with Crippen molar-refractivity contribution >= 4 is 39.8 Å². The molecule has 31 heavy (non-hydrogen) atoms. The third kappa shape index (κ3) is 9.26. The van der Waals surface area contributed by atoms with Crippen molar-refractivity contribution in [2.75, 3.05) is 39.0 Å². The minimum absolute atomic E-state index is 0. The zero-order valence-electron chi connectivity index (χ0n) is 19.9. The molecule has 178 valence electrons. The molecule has 2 rings (SSSR count). The molecule has 1 fully saturated rings. The molecular formula is C23H41IN4O2S. The maximum Gasteiger partial charge on any atom is 0.191 e. The number of sulfone groups is 1. The maximum atomic E-state index is 11.6. The standard InChI is InChI=1S/C23H40N4O2S.HI/c1-7-24-22(25-13-12-20-8-10-21(11-9-20)30(6,28)29)26-17-23(4,5)27-15-18(2)14-19(3)16-27;/h8-11,18-19H,7,12-17H2,1-6H3,(H2,24,25,26);1H. The van der Waals surface area contributed by atoms with Crippen LogP contribution in [0.5, 0.6) is 0 Å². The van der Waals surface area contributed by atoms with E-state index in [0.717, 1.165) is 62.5 Å². The lowest BCUT2D eigenvalue weighted by Gasteiger charge is -2.44. The topological polar surface area (TPSA) is 73.8 Å². The monoisotopic (exact) mass is 564 g/mol. The molecule has 2 unspecified atom stereocenters. The number of rotatable bonds is 8. The Labute approximate surface area is 206 Å².